The number of aliphatic hydroxyl groups is 1. The van der Waals surface area contributed by atoms with E-state index in [1.54, 1.807) is 13.2 Å². The van der Waals surface area contributed by atoms with Crippen molar-refractivity contribution in [3.05, 3.63) is 84.4 Å². The van der Waals surface area contributed by atoms with Crippen LogP contribution in [-0.2, 0) is 0 Å². The van der Waals surface area contributed by atoms with Crippen molar-refractivity contribution < 1.29 is 9.84 Å². The molecule has 0 radical (unpaired) electrons. The Balaban J connectivity index is 1.95. The van der Waals surface area contributed by atoms with Gasteiger partial charge in [-0.1, -0.05) is 36.4 Å². The molecule has 0 spiro atoms. The molecule has 0 amide bonds. The monoisotopic (exact) mass is 306 g/mol. The average molecular weight is 306 g/mol. The molecule has 2 aromatic carbocycles. The lowest BCUT2D eigenvalue weighted by molar-refractivity contribution is 0.177. The molecule has 1 heterocycles. The fourth-order valence-electron chi connectivity index (χ4n) is 2.41. The normalized spacial score (nSPS) is 12.8. The molecular weight excluding hydrogens is 288 g/mol. The van der Waals surface area contributed by atoms with Crippen molar-refractivity contribution in [3.63, 3.8) is 0 Å². The first kappa shape index (κ1) is 14.9. The second-order valence-electron chi connectivity index (χ2n) is 5.12. The van der Waals surface area contributed by atoms with Crippen molar-refractivity contribution in [3.8, 4) is 5.75 Å². The van der Waals surface area contributed by atoms with Gasteiger partial charge in [0.25, 0.3) is 0 Å². The highest BCUT2D eigenvalue weighted by atomic mass is 16.5. The predicted octanol–water partition coefficient (Wildman–Crippen LogP) is 3.97. The van der Waals surface area contributed by atoms with Crippen LogP contribution in [0.4, 0.5) is 0 Å². The summed E-state index contributed by atoms with van der Waals surface area (Å²) in [6.45, 7) is 0. The molecule has 0 aliphatic carbocycles. The predicted molar refractivity (Wildman–Crippen MR) is 91.3 cm³/mol. The van der Waals surface area contributed by atoms with Gasteiger partial charge in [-0.15, -0.1) is 0 Å². The SMILES string of the molecule is CN/C=C(\O)C(Oc1ccc2ncccc2c1)c1ccccc1. The van der Waals surface area contributed by atoms with Gasteiger partial charge in [0.15, 0.2) is 11.9 Å². The summed E-state index contributed by atoms with van der Waals surface area (Å²) in [5.74, 6) is 0.792. The molecule has 1 aromatic heterocycles. The first-order valence-electron chi connectivity index (χ1n) is 7.40. The third kappa shape index (κ3) is 3.43. The zero-order valence-electron chi connectivity index (χ0n) is 12.8. The summed E-state index contributed by atoms with van der Waals surface area (Å²) in [6.07, 6.45) is 2.72. The standard InChI is InChI=1S/C19H18N2O2/c1-20-13-18(22)19(14-6-3-2-4-7-14)23-16-9-10-17-15(12-16)8-5-11-21-17/h2-13,19-20,22H,1H3/b18-13-. The van der Waals surface area contributed by atoms with E-state index in [2.05, 4.69) is 10.3 Å². The number of nitrogens with zero attached hydrogens (tertiary/aromatic N) is 1. The molecule has 3 aromatic rings. The zero-order valence-corrected chi connectivity index (χ0v) is 12.8. The van der Waals surface area contributed by atoms with Crippen LogP contribution in [0.1, 0.15) is 11.7 Å². The van der Waals surface area contributed by atoms with E-state index in [9.17, 15) is 5.11 Å². The summed E-state index contributed by atoms with van der Waals surface area (Å²) in [6, 6.07) is 19.2. The van der Waals surface area contributed by atoms with Gasteiger partial charge in [0, 0.05) is 30.4 Å². The molecule has 4 heteroatoms. The van der Waals surface area contributed by atoms with Gasteiger partial charge in [0.05, 0.1) is 5.52 Å². The first-order chi connectivity index (χ1) is 11.3. The molecule has 2 N–H and O–H groups in total. The maximum Gasteiger partial charge on any atom is 0.182 e. The smallest absolute Gasteiger partial charge is 0.182 e. The largest absolute Gasteiger partial charge is 0.507 e. The van der Waals surface area contributed by atoms with E-state index in [-0.39, 0.29) is 5.76 Å². The van der Waals surface area contributed by atoms with E-state index in [4.69, 9.17) is 4.74 Å². The number of nitrogens with one attached hydrogen (secondary N) is 1. The Bertz CT molecular complexity index is 816. The molecule has 4 nitrogen and oxygen atoms in total. The first-order valence-corrected chi connectivity index (χ1v) is 7.40. The summed E-state index contributed by atoms with van der Waals surface area (Å²) >= 11 is 0. The van der Waals surface area contributed by atoms with Gasteiger partial charge in [0.1, 0.15) is 5.75 Å². The fraction of sp³-hybridized carbons (Fsp3) is 0.105. The van der Waals surface area contributed by atoms with E-state index >= 15 is 0 Å². The summed E-state index contributed by atoms with van der Waals surface area (Å²) < 4.78 is 6.04. The molecule has 0 bridgehead atoms. The van der Waals surface area contributed by atoms with Crippen molar-refractivity contribution in [1.82, 2.24) is 10.3 Å². The molecule has 0 aliphatic rings. The Morgan fingerprint density at radius 3 is 2.74 bits per heavy atom. The molecule has 1 unspecified atom stereocenters. The van der Waals surface area contributed by atoms with Gasteiger partial charge >= 0.3 is 0 Å². The number of ether oxygens (including phenoxy) is 1. The Morgan fingerprint density at radius 1 is 1.13 bits per heavy atom. The molecule has 116 valence electrons. The van der Waals surface area contributed by atoms with Gasteiger partial charge < -0.3 is 15.2 Å². The minimum absolute atomic E-state index is 0.116. The molecule has 1 atom stereocenters. The number of hydrogen-bond donors (Lipinski definition) is 2. The maximum absolute atomic E-state index is 10.3. The number of aromatic nitrogens is 1. The fourth-order valence-corrected chi connectivity index (χ4v) is 2.41. The summed E-state index contributed by atoms with van der Waals surface area (Å²) in [4.78, 5) is 4.30. The molecular formula is C19H18N2O2. The second kappa shape index (κ2) is 6.83. The zero-order chi connectivity index (χ0) is 16.1. The van der Waals surface area contributed by atoms with Gasteiger partial charge in [-0.3, -0.25) is 4.98 Å². The lowest BCUT2D eigenvalue weighted by atomic mass is 10.1. The van der Waals surface area contributed by atoms with Crippen molar-refractivity contribution in [2.45, 2.75) is 6.10 Å². The Labute approximate surface area is 135 Å². The van der Waals surface area contributed by atoms with Gasteiger partial charge in [-0.25, -0.2) is 0 Å². The quantitative estimate of drug-likeness (QED) is 0.700. The van der Waals surface area contributed by atoms with Crippen LogP contribution < -0.4 is 10.1 Å². The molecule has 23 heavy (non-hydrogen) atoms. The topological polar surface area (TPSA) is 54.4 Å². The molecule has 0 fully saturated rings. The van der Waals surface area contributed by atoms with Crippen LogP contribution in [0.2, 0.25) is 0 Å². The van der Waals surface area contributed by atoms with Crippen LogP contribution in [0.25, 0.3) is 10.9 Å². The molecule has 0 aliphatic heterocycles. The van der Waals surface area contributed by atoms with Crippen molar-refractivity contribution in [1.29, 1.82) is 0 Å². The highest BCUT2D eigenvalue weighted by Gasteiger charge is 2.18. The number of fused-ring (bicyclic) bond motifs is 1. The lowest BCUT2D eigenvalue weighted by Crippen LogP contribution is -2.13. The molecule has 0 saturated carbocycles. The van der Waals surface area contributed by atoms with E-state index < -0.39 is 6.10 Å². The van der Waals surface area contributed by atoms with E-state index in [0.29, 0.717) is 5.75 Å². The Kier molecular flexibility index (Phi) is 4.43. The number of benzene rings is 2. The Morgan fingerprint density at radius 2 is 1.96 bits per heavy atom. The third-order valence-corrected chi connectivity index (χ3v) is 3.49. The summed E-state index contributed by atoms with van der Waals surface area (Å²) in [7, 11) is 1.74. The molecule has 3 rings (SSSR count). The third-order valence-electron chi connectivity index (χ3n) is 3.49. The van der Waals surface area contributed by atoms with Crippen LogP contribution in [0.15, 0.2) is 78.8 Å². The number of aliphatic hydroxyl groups excluding tert-OH is 1. The number of hydrogen-bond acceptors (Lipinski definition) is 4. The summed E-state index contributed by atoms with van der Waals surface area (Å²) in [5.41, 5.74) is 1.79. The van der Waals surface area contributed by atoms with E-state index in [1.807, 2.05) is 60.7 Å². The van der Waals surface area contributed by atoms with Gasteiger partial charge in [-0.05, 0) is 24.3 Å². The minimum atomic E-state index is -0.572. The maximum atomic E-state index is 10.3. The van der Waals surface area contributed by atoms with E-state index in [1.165, 1.54) is 6.20 Å². The lowest BCUT2D eigenvalue weighted by Gasteiger charge is -2.19. The average Bonchev–Trinajstić information content (AvgIpc) is 2.60. The number of pyridine rings is 1. The van der Waals surface area contributed by atoms with Crippen LogP contribution in [0, 0.1) is 0 Å². The van der Waals surface area contributed by atoms with Crippen molar-refractivity contribution in [2.24, 2.45) is 0 Å². The van der Waals surface area contributed by atoms with Gasteiger partial charge in [0.2, 0.25) is 0 Å². The highest BCUT2D eigenvalue weighted by Crippen LogP contribution is 2.28. The highest BCUT2D eigenvalue weighted by molar-refractivity contribution is 5.79. The van der Waals surface area contributed by atoms with Crippen LogP contribution in [0.3, 0.4) is 0 Å². The summed E-state index contributed by atoms with van der Waals surface area (Å²) in [5, 5.41) is 14.1. The van der Waals surface area contributed by atoms with Gasteiger partial charge in [-0.2, -0.15) is 0 Å². The van der Waals surface area contributed by atoms with E-state index in [0.717, 1.165) is 16.5 Å². The van der Waals surface area contributed by atoms with Crippen LogP contribution in [-0.4, -0.2) is 17.1 Å². The number of rotatable bonds is 5. The van der Waals surface area contributed by atoms with Crippen LogP contribution >= 0.6 is 0 Å². The van der Waals surface area contributed by atoms with Crippen molar-refractivity contribution in [2.75, 3.05) is 7.05 Å². The Hall–Kier alpha value is -3.01. The van der Waals surface area contributed by atoms with Crippen molar-refractivity contribution >= 4 is 10.9 Å². The molecule has 0 saturated heterocycles. The van der Waals surface area contributed by atoms with Crippen LogP contribution in [0.5, 0.6) is 5.75 Å². The second-order valence-corrected chi connectivity index (χ2v) is 5.12. The minimum Gasteiger partial charge on any atom is -0.507 e.